The summed E-state index contributed by atoms with van der Waals surface area (Å²) in [5.41, 5.74) is 1.28. The van der Waals surface area contributed by atoms with Gasteiger partial charge in [0, 0.05) is 11.7 Å². The van der Waals surface area contributed by atoms with E-state index in [0.717, 1.165) is 12.8 Å². The molecule has 0 amide bonds. The zero-order valence-corrected chi connectivity index (χ0v) is 9.24. The predicted molar refractivity (Wildman–Crippen MR) is 58.8 cm³/mol. The number of hydrogen-bond donors (Lipinski definition) is 1. The molecule has 1 fully saturated rings. The van der Waals surface area contributed by atoms with Gasteiger partial charge in [-0.3, -0.25) is 0 Å². The lowest BCUT2D eigenvalue weighted by Crippen LogP contribution is -2.35. The molecule has 0 heterocycles. The first-order valence-corrected chi connectivity index (χ1v) is 5.53. The Kier molecular flexibility index (Phi) is 3.28. The van der Waals surface area contributed by atoms with Gasteiger partial charge in [0.2, 0.25) is 0 Å². The molecule has 1 aromatic rings. The first-order valence-electron chi connectivity index (χ1n) is 5.53. The van der Waals surface area contributed by atoms with Crippen LogP contribution in [0.15, 0.2) is 24.3 Å². The lowest BCUT2D eigenvalue weighted by molar-refractivity contribution is -0.120. The van der Waals surface area contributed by atoms with E-state index in [1.165, 1.54) is 4.90 Å². The van der Waals surface area contributed by atoms with Crippen molar-refractivity contribution in [1.82, 2.24) is 0 Å². The molecule has 0 radical (unpaired) electrons. The molecule has 0 unspecified atom stereocenters. The Morgan fingerprint density at radius 1 is 1.18 bits per heavy atom. The van der Waals surface area contributed by atoms with Crippen LogP contribution >= 0.6 is 0 Å². The maximum atomic E-state index is 12.4. The smallest absolute Gasteiger partial charge is 0.392 e. The highest BCUT2D eigenvalue weighted by atomic mass is 19.4. The number of aliphatic hydroxyl groups is 1. The molecule has 1 N–H and O–H groups in total. The summed E-state index contributed by atoms with van der Waals surface area (Å²) in [6.07, 6.45) is -2.55. The quantitative estimate of drug-likeness (QED) is 0.881. The number of anilines is 1. The van der Waals surface area contributed by atoms with Crippen molar-refractivity contribution in [2.45, 2.75) is 31.7 Å². The Bertz CT molecular complexity index is 370. The van der Waals surface area contributed by atoms with Crippen molar-refractivity contribution < 1.29 is 18.3 Å². The van der Waals surface area contributed by atoms with Gasteiger partial charge in [0.25, 0.3) is 0 Å². The second kappa shape index (κ2) is 4.56. The minimum atomic E-state index is -4.18. The summed E-state index contributed by atoms with van der Waals surface area (Å²) in [5.74, 6) is 0. The Hall–Kier alpha value is -1.23. The highest BCUT2D eigenvalue weighted by Gasteiger charge is 2.38. The molecular formula is C12H14F3NO. The molecule has 17 heavy (non-hydrogen) atoms. The molecule has 1 aliphatic rings. The van der Waals surface area contributed by atoms with Crippen LogP contribution in [-0.2, 0) is 6.61 Å². The number of halogens is 3. The van der Waals surface area contributed by atoms with E-state index in [1.54, 1.807) is 24.3 Å². The maximum absolute atomic E-state index is 12.4. The van der Waals surface area contributed by atoms with E-state index in [2.05, 4.69) is 0 Å². The first-order chi connectivity index (χ1) is 7.99. The van der Waals surface area contributed by atoms with Crippen molar-refractivity contribution in [3.63, 3.8) is 0 Å². The van der Waals surface area contributed by atoms with Gasteiger partial charge in [-0.15, -0.1) is 0 Å². The summed E-state index contributed by atoms with van der Waals surface area (Å²) in [6.45, 7) is -1.00. The molecule has 0 aliphatic heterocycles. The third kappa shape index (κ3) is 3.36. The lowest BCUT2D eigenvalue weighted by atomic mass is 10.2. The average Bonchev–Trinajstić information content (AvgIpc) is 3.09. The van der Waals surface area contributed by atoms with Crippen LogP contribution in [-0.4, -0.2) is 23.9 Å². The third-order valence-electron chi connectivity index (χ3n) is 2.79. The fourth-order valence-electron chi connectivity index (χ4n) is 1.80. The van der Waals surface area contributed by atoms with Gasteiger partial charge in [0.15, 0.2) is 0 Å². The summed E-state index contributed by atoms with van der Waals surface area (Å²) in [5, 5.41) is 8.88. The minimum Gasteiger partial charge on any atom is -0.392 e. The van der Waals surface area contributed by atoms with Gasteiger partial charge in [-0.25, -0.2) is 0 Å². The Balaban J connectivity index is 2.14. The molecule has 2 rings (SSSR count). The predicted octanol–water partition coefficient (Wildman–Crippen LogP) is 2.71. The summed E-state index contributed by atoms with van der Waals surface area (Å²) in [6, 6.07) is 6.59. The molecule has 0 atom stereocenters. The van der Waals surface area contributed by atoms with E-state index < -0.39 is 12.7 Å². The third-order valence-corrected chi connectivity index (χ3v) is 2.79. The number of benzene rings is 1. The van der Waals surface area contributed by atoms with E-state index in [4.69, 9.17) is 5.11 Å². The topological polar surface area (TPSA) is 23.5 Å². The largest absolute Gasteiger partial charge is 0.405 e. The molecule has 1 aliphatic carbocycles. The molecule has 0 aromatic heterocycles. The number of aliphatic hydroxyl groups excluding tert-OH is 1. The standard InChI is InChI=1S/C12H14F3NO/c13-12(14,15)8-16(11-5-6-11)10-3-1-9(7-17)2-4-10/h1-4,11,17H,5-8H2. The molecule has 0 spiro atoms. The normalized spacial score (nSPS) is 16.0. The van der Waals surface area contributed by atoms with Crippen LogP contribution in [0.1, 0.15) is 18.4 Å². The number of nitrogens with zero attached hydrogens (tertiary/aromatic N) is 1. The minimum absolute atomic E-state index is 0.0107. The van der Waals surface area contributed by atoms with Crippen molar-refractivity contribution in [2.24, 2.45) is 0 Å². The Labute approximate surface area is 97.7 Å². The van der Waals surface area contributed by atoms with Crippen molar-refractivity contribution in [3.8, 4) is 0 Å². The average molecular weight is 245 g/mol. The summed E-state index contributed by atoms with van der Waals surface area (Å²) in [4.78, 5) is 1.39. The van der Waals surface area contributed by atoms with Gasteiger partial charge in [0.1, 0.15) is 6.54 Å². The number of alkyl halides is 3. The summed E-state index contributed by atoms with van der Waals surface area (Å²) >= 11 is 0. The van der Waals surface area contributed by atoms with Crippen LogP contribution in [0.4, 0.5) is 18.9 Å². The Morgan fingerprint density at radius 3 is 2.18 bits per heavy atom. The van der Waals surface area contributed by atoms with Gasteiger partial charge in [-0.2, -0.15) is 13.2 Å². The second-order valence-corrected chi connectivity index (χ2v) is 4.30. The van der Waals surface area contributed by atoms with Crippen molar-refractivity contribution in [3.05, 3.63) is 29.8 Å². The summed E-state index contributed by atoms with van der Waals surface area (Å²) in [7, 11) is 0. The molecule has 94 valence electrons. The van der Waals surface area contributed by atoms with Crippen LogP contribution in [0.2, 0.25) is 0 Å². The zero-order valence-electron chi connectivity index (χ0n) is 9.24. The van der Waals surface area contributed by atoms with Crippen molar-refractivity contribution in [2.75, 3.05) is 11.4 Å². The van der Waals surface area contributed by atoms with Crippen LogP contribution < -0.4 is 4.90 Å². The van der Waals surface area contributed by atoms with Crippen LogP contribution in [0, 0.1) is 0 Å². The maximum Gasteiger partial charge on any atom is 0.405 e. The molecule has 0 bridgehead atoms. The van der Waals surface area contributed by atoms with Crippen molar-refractivity contribution in [1.29, 1.82) is 0 Å². The van der Waals surface area contributed by atoms with E-state index in [1.807, 2.05) is 0 Å². The van der Waals surface area contributed by atoms with E-state index in [-0.39, 0.29) is 12.6 Å². The van der Waals surface area contributed by atoms with Crippen LogP contribution in [0.25, 0.3) is 0 Å². The fourth-order valence-corrected chi connectivity index (χ4v) is 1.80. The van der Waals surface area contributed by atoms with Gasteiger partial charge in [-0.05, 0) is 30.5 Å². The SMILES string of the molecule is OCc1ccc(N(CC(F)(F)F)C2CC2)cc1. The van der Waals surface area contributed by atoms with Gasteiger partial charge in [0.05, 0.1) is 6.61 Å². The van der Waals surface area contributed by atoms with Gasteiger partial charge >= 0.3 is 6.18 Å². The first kappa shape index (κ1) is 12.2. The Morgan fingerprint density at radius 2 is 1.76 bits per heavy atom. The molecule has 5 heteroatoms. The summed E-state index contributed by atoms with van der Waals surface area (Å²) < 4.78 is 37.3. The van der Waals surface area contributed by atoms with E-state index in [0.29, 0.717) is 11.3 Å². The molecule has 0 saturated heterocycles. The highest BCUT2D eigenvalue weighted by molar-refractivity contribution is 5.50. The highest BCUT2D eigenvalue weighted by Crippen LogP contribution is 2.34. The molecule has 1 aromatic carbocycles. The van der Waals surface area contributed by atoms with Gasteiger partial charge in [-0.1, -0.05) is 12.1 Å². The van der Waals surface area contributed by atoms with E-state index >= 15 is 0 Å². The molecule has 1 saturated carbocycles. The number of hydrogen-bond acceptors (Lipinski definition) is 2. The lowest BCUT2D eigenvalue weighted by Gasteiger charge is -2.26. The fraction of sp³-hybridized carbons (Fsp3) is 0.500. The second-order valence-electron chi connectivity index (χ2n) is 4.30. The van der Waals surface area contributed by atoms with Gasteiger partial charge < -0.3 is 10.0 Å². The van der Waals surface area contributed by atoms with Crippen molar-refractivity contribution >= 4 is 5.69 Å². The molecular weight excluding hydrogens is 231 g/mol. The molecule has 2 nitrogen and oxygen atoms in total. The monoisotopic (exact) mass is 245 g/mol. The zero-order chi connectivity index (χ0) is 12.5. The van der Waals surface area contributed by atoms with Crippen LogP contribution in [0.5, 0.6) is 0 Å². The van der Waals surface area contributed by atoms with E-state index in [9.17, 15) is 13.2 Å². The number of rotatable bonds is 4. The van der Waals surface area contributed by atoms with Crippen LogP contribution in [0.3, 0.4) is 0 Å².